The van der Waals surface area contributed by atoms with E-state index in [0.717, 1.165) is 37.6 Å². The lowest BCUT2D eigenvalue weighted by molar-refractivity contribution is 0.246. The summed E-state index contributed by atoms with van der Waals surface area (Å²) in [5.41, 5.74) is 0. The van der Waals surface area contributed by atoms with Gasteiger partial charge in [-0.2, -0.15) is 0 Å². The van der Waals surface area contributed by atoms with Crippen molar-refractivity contribution in [3.8, 4) is 0 Å². The Morgan fingerprint density at radius 3 is 2.69 bits per heavy atom. The van der Waals surface area contributed by atoms with Crippen molar-refractivity contribution in [3.63, 3.8) is 0 Å². The molecular weight excluding hydrogens is 455 g/mol. The summed E-state index contributed by atoms with van der Waals surface area (Å²) in [6.45, 7) is 5.51. The van der Waals surface area contributed by atoms with E-state index >= 15 is 0 Å². The number of likely N-dealkylation sites (N-methyl/N-ethyl adjacent to an activating group) is 1. The number of hydrogen-bond acceptors (Lipinski definition) is 3. The maximum Gasteiger partial charge on any atom is 0.193 e. The molecule has 6 heteroatoms. The van der Waals surface area contributed by atoms with Gasteiger partial charge in [0.1, 0.15) is 0 Å². The number of halogens is 1. The van der Waals surface area contributed by atoms with Crippen molar-refractivity contribution in [2.45, 2.75) is 43.2 Å². The third-order valence-corrected chi connectivity index (χ3v) is 6.64. The first-order chi connectivity index (χ1) is 12.2. The number of hydrogen-bond donors (Lipinski definition) is 1. The predicted molar refractivity (Wildman–Crippen MR) is 124 cm³/mol. The molecule has 146 valence electrons. The monoisotopic (exact) mass is 488 g/mol. The predicted octanol–water partition coefficient (Wildman–Crippen LogP) is 3.78. The van der Waals surface area contributed by atoms with E-state index in [1.165, 1.54) is 29.9 Å². The maximum absolute atomic E-state index is 4.52. The first-order valence-electron chi connectivity index (χ1n) is 9.52. The molecule has 1 saturated carbocycles. The van der Waals surface area contributed by atoms with E-state index in [1.807, 2.05) is 18.8 Å². The Morgan fingerprint density at radius 1 is 1.31 bits per heavy atom. The molecule has 0 aromatic heterocycles. The van der Waals surface area contributed by atoms with Crippen LogP contribution in [0.25, 0.3) is 0 Å². The van der Waals surface area contributed by atoms with E-state index in [9.17, 15) is 0 Å². The second-order valence-electron chi connectivity index (χ2n) is 7.40. The molecule has 1 aromatic carbocycles. The zero-order chi connectivity index (χ0) is 17.6. The van der Waals surface area contributed by atoms with Gasteiger partial charge in [-0.3, -0.25) is 9.89 Å². The van der Waals surface area contributed by atoms with Crippen molar-refractivity contribution in [3.05, 3.63) is 30.3 Å². The van der Waals surface area contributed by atoms with Gasteiger partial charge in [0.2, 0.25) is 0 Å². The number of rotatable bonds is 7. The molecule has 0 spiro atoms. The van der Waals surface area contributed by atoms with Crippen molar-refractivity contribution in [1.29, 1.82) is 0 Å². The molecule has 1 aromatic rings. The SMILES string of the molecule is CN=C(NCC(C)N(C)C1CC1)N1CCC(CSc2ccccc2)C1.I. The number of aliphatic imine (C=N–C) groups is 1. The molecule has 2 aliphatic rings. The van der Waals surface area contributed by atoms with Crippen molar-refractivity contribution in [1.82, 2.24) is 15.1 Å². The summed E-state index contributed by atoms with van der Waals surface area (Å²) >= 11 is 1.98. The largest absolute Gasteiger partial charge is 0.355 e. The molecular formula is C20H33IN4S. The van der Waals surface area contributed by atoms with Gasteiger partial charge in [-0.05, 0) is 51.3 Å². The van der Waals surface area contributed by atoms with E-state index in [4.69, 9.17) is 0 Å². The van der Waals surface area contributed by atoms with Crippen LogP contribution in [0, 0.1) is 5.92 Å². The van der Waals surface area contributed by atoms with Crippen molar-refractivity contribution < 1.29 is 0 Å². The van der Waals surface area contributed by atoms with Crippen LogP contribution in [-0.4, -0.2) is 67.3 Å². The first kappa shape index (κ1) is 21.8. The van der Waals surface area contributed by atoms with E-state index < -0.39 is 0 Å². The molecule has 2 fully saturated rings. The lowest BCUT2D eigenvalue weighted by Gasteiger charge is -2.28. The van der Waals surface area contributed by atoms with Gasteiger partial charge in [0.15, 0.2) is 5.96 Å². The quantitative estimate of drug-likeness (QED) is 0.274. The second kappa shape index (κ2) is 10.8. The van der Waals surface area contributed by atoms with Crippen molar-refractivity contribution in [2.24, 2.45) is 10.9 Å². The fourth-order valence-electron chi connectivity index (χ4n) is 3.45. The molecule has 1 saturated heterocycles. The van der Waals surface area contributed by atoms with E-state index in [0.29, 0.717) is 6.04 Å². The van der Waals surface area contributed by atoms with Crippen LogP contribution in [0.1, 0.15) is 26.2 Å². The summed E-state index contributed by atoms with van der Waals surface area (Å²) in [5.74, 6) is 3.01. The highest BCUT2D eigenvalue weighted by Gasteiger charge is 2.30. The molecule has 0 amide bonds. The Kier molecular flexibility index (Phi) is 9.03. The van der Waals surface area contributed by atoms with E-state index in [1.54, 1.807) is 0 Å². The van der Waals surface area contributed by atoms with Gasteiger partial charge >= 0.3 is 0 Å². The fourth-order valence-corrected chi connectivity index (χ4v) is 4.50. The Hall–Kier alpha value is -0.470. The third kappa shape index (κ3) is 6.30. The molecule has 1 heterocycles. The van der Waals surface area contributed by atoms with Crippen LogP contribution in [0.2, 0.25) is 0 Å². The summed E-state index contributed by atoms with van der Waals surface area (Å²) < 4.78 is 0. The van der Waals surface area contributed by atoms with Gasteiger partial charge < -0.3 is 10.2 Å². The third-order valence-electron chi connectivity index (χ3n) is 5.40. The van der Waals surface area contributed by atoms with Gasteiger partial charge in [-0.15, -0.1) is 35.7 Å². The lowest BCUT2D eigenvalue weighted by atomic mass is 10.2. The smallest absolute Gasteiger partial charge is 0.193 e. The van der Waals surface area contributed by atoms with E-state index in [2.05, 4.69) is 64.4 Å². The average Bonchev–Trinajstić information content (AvgIpc) is 3.39. The summed E-state index contributed by atoms with van der Waals surface area (Å²) in [4.78, 5) is 10.8. The normalized spacial score (nSPS) is 21.6. The average molecular weight is 488 g/mol. The molecule has 1 aliphatic carbocycles. The molecule has 26 heavy (non-hydrogen) atoms. The topological polar surface area (TPSA) is 30.9 Å². The molecule has 1 N–H and O–H groups in total. The molecule has 2 atom stereocenters. The Labute approximate surface area is 180 Å². The minimum absolute atomic E-state index is 0. The zero-order valence-electron chi connectivity index (χ0n) is 16.2. The van der Waals surface area contributed by atoms with Crippen LogP contribution in [0.15, 0.2) is 40.2 Å². The molecule has 2 unspecified atom stereocenters. The van der Waals surface area contributed by atoms with Crippen molar-refractivity contribution >= 4 is 41.7 Å². The van der Waals surface area contributed by atoms with Gasteiger partial charge in [-0.25, -0.2) is 0 Å². The minimum Gasteiger partial charge on any atom is -0.355 e. The summed E-state index contributed by atoms with van der Waals surface area (Å²) in [6, 6.07) is 12.1. The fraction of sp³-hybridized carbons (Fsp3) is 0.650. The van der Waals surface area contributed by atoms with Crippen molar-refractivity contribution in [2.75, 3.05) is 39.5 Å². The number of guanidine groups is 1. The highest BCUT2D eigenvalue weighted by molar-refractivity contribution is 14.0. The highest BCUT2D eigenvalue weighted by atomic mass is 127. The highest BCUT2D eigenvalue weighted by Crippen LogP contribution is 2.27. The van der Waals surface area contributed by atoms with Crippen LogP contribution in [0.3, 0.4) is 0 Å². The second-order valence-corrected chi connectivity index (χ2v) is 8.49. The number of nitrogens with one attached hydrogen (secondary N) is 1. The van der Waals surface area contributed by atoms with Gasteiger partial charge in [0.05, 0.1) is 0 Å². The molecule has 3 rings (SSSR count). The zero-order valence-corrected chi connectivity index (χ0v) is 19.4. The van der Waals surface area contributed by atoms with Gasteiger partial charge in [-0.1, -0.05) is 18.2 Å². The lowest BCUT2D eigenvalue weighted by Crippen LogP contribution is -2.46. The summed E-state index contributed by atoms with van der Waals surface area (Å²) in [7, 11) is 4.16. The van der Waals surface area contributed by atoms with Crippen LogP contribution >= 0.6 is 35.7 Å². The Balaban J connectivity index is 0.00000243. The molecule has 1 aliphatic heterocycles. The first-order valence-corrected chi connectivity index (χ1v) is 10.5. The Morgan fingerprint density at radius 2 is 2.04 bits per heavy atom. The maximum atomic E-state index is 4.52. The minimum atomic E-state index is 0. The molecule has 0 radical (unpaired) electrons. The summed E-state index contributed by atoms with van der Waals surface area (Å²) in [6.07, 6.45) is 3.99. The Bertz CT molecular complexity index is 564. The van der Waals surface area contributed by atoms with Gasteiger partial charge in [0.25, 0.3) is 0 Å². The van der Waals surface area contributed by atoms with Crippen LogP contribution in [0.5, 0.6) is 0 Å². The molecule has 4 nitrogen and oxygen atoms in total. The van der Waals surface area contributed by atoms with Crippen LogP contribution in [0.4, 0.5) is 0 Å². The summed E-state index contributed by atoms with van der Waals surface area (Å²) in [5, 5.41) is 3.60. The standard InChI is InChI=1S/C20H32N4S.HI/c1-16(23(3)18-9-10-18)13-22-20(21-2)24-12-11-17(14-24)15-25-19-7-5-4-6-8-19;/h4-8,16-18H,9-15H2,1-3H3,(H,21,22);1H. The number of likely N-dealkylation sites (tertiary alicyclic amines) is 1. The van der Waals surface area contributed by atoms with Crippen LogP contribution in [-0.2, 0) is 0 Å². The van der Waals surface area contributed by atoms with Gasteiger partial charge in [0, 0.05) is 49.4 Å². The number of thioether (sulfide) groups is 1. The van der Waals surface area contributed by atoms with E-state index in [-0.39, 0.29) is 24.0 Å². The molecule has 0 bridgehead atoms. The number of nitrogens with zero attached hydrogens (tertiary/aromatic N) is 3. The number of benzene rings is 1. The van der Waals surface area contributed by atoms with Crippen LogP contribution < -0.4 is 5.32 Å².